The molecule has 1 fully saturated rings. The number of halogens is 4. The van der Waals surface area contributed by atoms with E-state index in [2.05, 4.69) is 20.3 Å². The summed E-state index contributed by atoms with van der Waals surface area (Å²) < 4.78 is 62.4. The van der Waals surface area contributed by atoms with Gasteiger partial charge in [0.1, 0.15) is 12.0 Å². The summed E-state index contributed by atoms with van der Waals surface area (Å²) >= 11 is 0. The first-order chi connectivity index (χ1) is 13.5. The number of hydrogen-bond donors (Lipinski definition) is 1. The van der Waals surface area contributed by atoms with E-state index >= 15 is 0 Å². The normalized spacial score (nSPS) is 17.6. The average Bonchev–Trinajstić information content (AvgIpc) is 2.91. The van der Waals surface area contributed by atoms with Gasteiger partial charge in [-0.15, -0.1) is 0 Å². The molecule has 0 spiro atoms. The minimum Gasteiger partial charge on any atom is -0.364 e. The summed E-state index contributed by atoms with van der Waals surface area (Å²) in [4.78, 5) is 11.6. The molecule has 3 heterocycles. The van der Waals surface area contributed by atoms with Crippen LogP contribution in [0.1, 0.15) is 37.5 Å². The molecule has 2 aromatic heterocycles. The van der Waals surface area contributed by atoms with Gasteiger partial charge in [-0.1, -0.05) is 6.42 Å². The van der Waals surface area contributed by atoms with Gasteiger partial charge in [-0.2, -0.15) is 14.4 Å². The molecule has 0 aliphatic carbocycles. The Bertz CT molecular complexity index is 1000. The van der Waals surface area contributed by atoms with Crippen molar-refractivity contribution in [1.82, 2.24) is 19.5 Å². The topological polar surface area (TPSA) is 64.9 Å². The second-order valence-corrected chi connectivity index (χ2v) is 6.52. The van der Waals surface area contributed by atoms with E-state index in [0.717, 1.165) is 31.7 Å². The lowest BCUT2D eigenvalue weighted by atomic mass is 10.2. The Hall–Kier alpha value is -2.75. The van der Waals surface area contributed by atoms with Gasteiger partial charge in [0, 0.05) is 18.7 Å². The standard InChI is InChI=1S/C18H17F4N5O/c19-11-5-6-12(20)14(21)10(11)8-23-16-15-17(26-18(22)25-16)27(9-24-15)13-4-2-1-3-7-28-13/h5-6,9,13H,1-4,7-8H2,(H,23,25,26). The average molecular weight is 395 g/mol. The Balaban J connectivity index is 1.66. The van der Waals surface area contributed by atoms with E-state index in [4.69, 9.17) is 4.74 Å². The summed E-state index contributed by atoms with van der Waals surface area (Å²) in [5.41, 5.74) is -0.0766. The number of aromatic nitrogens is 4. The number of rotatable bonds is 4. The molecule has 148 valence electrons. The molecule has 0 bridgehead atoms. The zero-order chi connectivity index (χ0) is 19.7. The Kier molecular flexibility index (Phi) is 5.12. The first-order valence-corrected chi connectivity index (χ1v) is 8.92. The lowest BCUT2D eigenvalue weighted by Gasteiger charge is -2.17. The van der Waals surface area contributed by atoms with Crippen molar-refractivity contribution in [1.29, 1.82) is 0 Å². The highest BCUT2D eigenvalue weighted by Gasteiger charge is 2.21. The molecular weight excluding hydrogens is 378 g/mol. The number of ether oxygens (including phenoxy) is 1. The molecule has 0 saturated carbocycles. The fourth-order valence-electron chi connectivity index (χ4n) is 3.25. The Morgan fingerprint density at radius 1 is 1.07 bits per heavy atom. The highest BCUT2D eigenvalue weighted by atomic mass is 19.2. The monoisotopic (exact) mass is 395 g/mol. The molecule has 0 amide bonds. The molecule has 6 nitrogen and oxygen atoms in total. The molecule has 4 rings (SSSR count). The lowest BCUT2D eigenvalue weighted by molar-refractivity contribution is 0.00928. The van der Waals surface area contributed by atoms with Crippen LogP contribution in [0, 0.1) is 23.5 Å². The van der Waals surface area contributed by atoms with Crippen molar-refractivity contribution in [2.45, 2.75) is 38.5 Å². The molecule has 1 N–H and O–H groups in total. The van der Waals surface area contributed by atoms with Crippen LogP contribution >= 0.6 is 0 Å². The fourth-order valence-corrected chi connectivity index (χ4v) is 3.25. The fraction of sp³-hybridized carbons (Fsp3) is 0.389. The smallest absolute Gasteiger partial charge is 0.312 e. The van der Waals surface area contributed by atoms with Gasteiger partial charge in [0.05, 0.1) is 6.33 Å². The molecule has 28 heavy (non-hydrogen) atoms. The van der Waals surface area contributed by atoms with Crippen molar-refractivity contribution >= 4 is 17.0 Å². The van der Waals surface area contributed by atoms with Crippen molar-refractivity contribution in [2.24, 2.45) is 0 Å². The predicted octanol–water partition coefficient (Wildman–Crippen LogP) is 4.08. The first kappa shape index (κ1) is 18.6. The van der Waals surface area contributed by atoms with E-state index in [-0.39, 0.29) is 23.2 Å². The Morgan fingerprint density at radius 2 is 1.89 bits per heavy atom. The molecule has 1 aliphatic heterocycles. The van der Waals surface area contributed by atoms with Gasteiger partial charge in [0.2, 0.25) is 0 Å². The second-order valence-electron chi connectivity index (χ2n) is 6.52. The van der Waals surface area contributed by atoms with Gasteiger partial charge in [-0.3, -0.25) is 4.57 Å². The zero-order valence-electron chi connectivity index (χ0n) is 14.8. The summed E-state index contributed by atoms with van der Waals surface area (Å²) in [6.45, 7) is 0.148. The summed E-state index contributed by atoms with van der Waals surface area (Å²) in [6, 6.07) is 1.52. The van der Waals surface area contributed by atoms with Crippen LogP contribution in [0.2, 0.25) is 0 Å². The summed E-state index contributed by atoms with van der Waals surface area (Å²) in [6.07, 6.45) is 3.82. The van der Waals surface area contributed by atoms with Gasteiger partial charge < -0.3 is 10.1 Å². The van der Waals surface area contributed by atoms with Crippen LogP contribution in [0.3, 0.4) is 0 Å². The molecule has 3 aromatic rings. The summed E-state index contributed by atoms with van der Waals surface area (Å²) in [5.74, 6) is -3.45. The maximum absolute atomic E-state index is 14.0. The molecule has 1 saturated heterocycles. The quantitative estimate of drug-likeness (QED) is 0.410. The molecule has 1 atom stereocenters. The van der Waals surface area contributed by atoms with E-state index in [1.165, 1.54) is 6.33 Å². The van der Waals surface area contributed by atoms with E-state index in [9.17, 15) is 17.6 Å². The first-order valence-electron chi connectivity index (χ1n) is 8.92. The Morgan fingerprint density at radius 3 is 2.75 bits per heavy atom. The minimum absolute atomic E-state index is 0.0436. The SMILES string of the molecule is Fc1nc(NCc2c(F)ccc(F)c2F)c2ncn(C3CCCCCO3)c2n1. The van der Waals surface area contributed by atoms with Crippen LogP contribution in [0.4, 0.5) is 23.4 Å². The summed E-state index contributed by atoms with van der Waals surface area (Å²) in [5, 5.41) is 2.63. The van der Waals surface area contributed by atoms with Gasteiger partial charge in [0.25, 0.3) is 0 Å². The number of fused-ring (bicyclic) bond motifs is 1. The number of nitrogens with one attached hydrogen (secondary N) is 1. The third kappa shape index (κ3) is 3.51. The van der Waals surface area contributed by atoms with Gasteiger partial charge in [-0.25, -0.2) is 18.2 Å². The predicted molar refractivity (Wildman–Crippen MR) is 92.4 cm³/mol. The third-order valence-corrected chi connectivity index (χ3v) is 4.68. The largest absolute Gasteiger partial charge is 0.364 e. The van der Waals surface area contributed by atoms with Gasteiger partial charge >= 0.3 is 6.08 Å². The number of anilines is 1. The van der Waals surface area contributed by atoms with Crippen molar-refractivity contribution in [3.05, 3.63) is 47.6 Å². The lowest BCUT2D eigenvalue weighted by Crippen LogP contribution is -2.13. The van der Waals surface area contributed by atoms with E-state index in [1.54, 1.807) is 4.57 Å². The minimum atomic E-state index is -1.31. The number of imidazole rings is 1. The van der Waals surface area contributed by atoms with E-state index in [0.29, 0.717) is 12.7 Å². The molecule has 1 unspecified atom stereocenters. The summed E-state index contributed by atoms with van der Waals surface area (Å²) in [7, 11) is 0. The van der Waals surface area contributed by atoms with E-state index in [1.807, 2.05) is 0 Å². The van der Waals surface area contributed by atoms with Crippen LogP contribution in [0.5, 0.6) is 0 Å². The highest BCUT2D eigenvalue weighted by Crippen LogP contribution is 2.28. The zero-order valence-corrected chi connectivity index (χ0v) is 14.8. The molecular formula is C18H17F4N5O. The van der Waals surface area contributed by atoms with E-state index < -0.39 is 35.6 Å². The van der Waals surface area contributed by atoms with Crippen molar-refractivity contribution in [2.75, 3.05) is 11.9 Å². The number of nitrogens with zero attached hydrogens (tertiary/aromatic N) is 4. The maximum Gasteiger partial charge on any atom is 0.312 e. The maximum atomic E-state index is 14.0. The molecule has 0 radical (unpaired) electrons. The molecule has 10 heteroatoms. The third-order valence-electron chi connectivity index (χ3n) is 4.68. The highest BCUT2D eigenvalue weighted by molar-refractivity contribution is 5.82. The van der Waals surface area contributed by atoms with Gasteiger partial charge in [-0.05, 0) is 31.4 Å². The van der Waals surface area contributed by atoms with Crippen molar-refractivity contribution in [3.8, 4) is 0 Å². The van der Waals surface area contributed by atoms with Crippen molar-refractivity contribution in [3.63, 3.8) is 0 Å². The van der Waals surface area contributed by atoms with Crippen LogP contribution in [-0.4, -0.2) is 26.1 Å². The van der Waals surface area contributed by atoms with Crippen molar-refractivity contribution < 1.29 is 22.3 Å². The number of benzene rings is 1. The van der Waals surface area contributed by atoms with Crippen LogP contribution < -0.4 is 5.32 Å². The molecule has 1 aliphatic rings. The second kappa shape index (κ2) is 7.70. The van der Waals surface area contributed by atoms with Crippen LogP contribution in [0.15, 0.2) is 18.5 Å². The molecule has 1 aromatic carbocycles. The van der Waals surface area contributed by atoms with Crippen LogP contribution in [-0.2, 0) is 11.3 Å². The number of hydrogen-bond acceptors (Lipinski definition) is 5. The Labute approximate surface area is 157 Å². The van der Waals surface area contributed by atoms with Crippen LogP contribution in [0.25, 0.3) is 11.2 Å². The van der Waals surface area contributed by atoms with Gasteiger partial charge in [0.15, 0.2) is 28.6 Å².